The Morgan fingerprint density at radius 3 is 2.38 bits per heavy atom. The van der Waals surface area contributed by atoms with Gasteiger partial charge >= 0.3 is 5.97 Å². The van der Waals surface area contributed by atoms with Crippen LogP contribution in [0.1, 0.15) is 25.7 Å². The normalized spacial score (nSPS) is 10.8. The lowest BCUT2D eigenvalue weighted by molar-refractivity contribution is -0.131. The average molecular weight is 301 g/mol. The first kappa shape index (κ1) is 15.0. The van der Waals surface area contributed by atoms with Crippen LogP contribution in [-0.2, 0) is 4.79 Å². The summed E-state index contributed by atoms with van der Waals surface area (Å²) in [5.41, 5.74) is 2.55. The van der Waals surface area contributed by atoms with E-state index in [1.165, 1.54) is 17.4 Å². The fourth-order valence-corrected chi connectivity index (χ4v) is 2.65. The van der Waals surface area contributed by atoms with E-state index in [2.05, 4.69) is 5.32 Å². The van der Waals surface area contributed by atoms with Crippen molar-refractivity contribution in [3.8, 4) is 0 Å². The van der Waals surface area contributed by atoms with Crippen LogP contribution in [-0.4, -0.2) is 17.0 Å². The molecule has 0 unspecified atom stereocenters. The van der Waals surface area contributed by atoms with Gasteiger partial charge in [0.25, 0.3) is 5.91 Å². The van der Waals surface area contributed by atoms with Crippen molar-refractivity contribution in [2.45, 2.75) is 13.8 Å². The number of carboxylic acid groups (broad SMARTS) is 1. The molecule has 2 aromatic rings. The second-order valence-corrected chi connectivity index (χ2v) is 5.85. The predicted octanol–water partition coefficient (Wildman–Crippen LogP) is 3.72. The monoisotopic (exact) mass is 301 g/mol. The van der Waals surface area contributed by atoms with Crippen LogP contribution in [0.25, 0.3) is 6.08 Å². The Balaban J connectivity index is 2.06. The van der Waals surface area contributed by atoms with Crippen molar-refractivity contribution in [1.82, 2.24) is 0 Å². The number of nitrogens with one attached hydrogen (secondary N) is 1. The third-order valence-electron chi connectivity index (χ3n) is 2.98. The molecule has 1 aromatic carbocycles. The fourth-order valence-electron chi connectivity index (χ4n) is 1.72. The zero-order chi connectivity index (χ0) is 15.4. The Kier molecular flexibility index (Phi) is 4.55. The number of hydrogen-bond donors (Lipinski definition) is 2. The van der Waals surface area contributed by atoms with Crippen LogP contribution >= 0.6 is 11.3 Å². The first-order chi connectivity index (χ1) is 9.95. The third-order valence-corrected chi connectivity index (χ3v) is 4.13. The van der Waals surface area contributed by atoms with E-state index in [0.29, 0.717) is 10.6 Å². The Hall–Kier alpha value is -2.40. The standard InChI is InChI=1S/C16H15NO3S/c1-10-9-14(21-11(10)2)16(20)17-13-6-3-12(4-7-13)5-8-15(18)19/h3-9H,1-2H3,(H,17,20)(H,18,19)/b8-5+. The van der Waals surface area contributed by atoms with Gasteiger partial charge in [0, 0.05) is 16.6 Å². The van der Waals surface area contributed by atoms with Gasteiger partial charge < -0.3 is 10.4 Å². The smallest absolute Gasteiger partial charge is 0.328 e. The Morgan fingerprint density at radius 1 is 1.19 bits per heavy atom. The van der Waals surface area contributed by atoms with Crippen molar-refractivity contribution in [2.24, 2.45) is 0 Å². The molecule has 0 atom stereocenters. The summed E-state index contributed by atoms with van der Waals surface area (Å²) < 4.78 is 0. The molecule has 1 aromatic heterocycles. The van der Waals surface area contributed by atoms with E-state index < -0.39 is 5.97 Å². The van der Waals surface area contributed by atoms with E-state index in [9.17, 15) is 9.59 Å². The molecular formula is C16H15NO3S. The molecule has 1 heterocycles. The van der Waals surface area contributed by atoms with Gasteiger partial charge in [0.1, 0.15) is 0 Å². The highest BCUT2D eigenvalue weighted by molar-refractivity contribution is 7.14. The second-order valence-electron chi connectivity index (χ2n) is 4.60. The number of carbonyl (C=O) groups excluding carboxylic acids is 1. The molecule has 0 saturated carbocycles. The minimum atomic E-state index is -0.990. The van der Waals surface area contributed by atoms with Crippen LogP contribution < -0.4 is 5.32 Å². The highest BCUT2D eigenvalue weighted by Crippen LogP contribution is 2.22. The lowest BCUT2D eigenvalue weighted by Gasteiger charge is -2.03. The molecule has 0 aliphatic carbocycles. The largest absolute Gasteiger partial charge is 0.478 e. The molecule has 5 heteroatoms. The molecule has 2 N–H and O–H groups in total. The molecule has 0 fully saturated rings. The van der Waals surface area contributed by atoms with Crippen molar-refractivity contribution in [1.29, 1.82) is 0 Å². The van der Waals surface area contributed by atoms with Gasteiger partial charge in [-0.05, 0) is 49.2 Å². The van der Waals surface area contributed by atoms with Crippen LogP contribution in [0.4, 0.5) is 5.69 Å². The van der Waals surface area contributed by atoms with Gasteiger partial charge in [0.2, 0.25) is 0 Å². The summed E-state index contributed by atoms with van der Waals surface area (Å²) in [4.78, 5) is 24.3. The van der Waals surface area contributed by atoms with E-state index in [4.69, 9.17) is 5.11 Å². The molecule has 0 aliphatic rings. The lowest BCUT2D eigenvalue weighted by Crippen LogP contribution is -2.09. The van der Waals surface area contributed by atoms with Gasteiger partial charge in [-0.15, -0.1) is 11.3 Å². The van der Waals surface area contributed by atoms with Gasteiger partial charge in [-0.1, -0.05) is 12.1 Å². The van der Waals surface area contributed by atoms with E-state index in [1.54, 1.807) is 24.3 Å². The fraction of sp³-hybridized carbons (Fsp3) is 0.125. The Morgan fingerprint density at radius 2 is 1.86 bits per heavy atom. The number of carboxylic acids is 1. The first-order valence-corrected chi connectivity index (χ1v) is 7.17. The highest BCUT2D eigenvalue weighted by atomic mass is 32.1. The summed E-state index contributed by atoms with van der Waals surface area (Å²) in [5.74, 6) is -1.12. The molecule has 108 valence electrons. The van der Waals surface area contributed by atoms with Crippen LogP contribution in [0.2, 0.25) is 0 Å². The maximum atomic E-state index is 12.1. The summed E-state index contributed by atoms with van der Waals surface area (Å²) in [6, 6.07) is 8.86. The second kappa shape index (κ2) is 6.37. The summed E-state index contributed by atoms with van der Waals surface area (Å²) in [7, 11) is 0. The van der Waals surface area contributed by atoms with Crippen LogP contribution in [0.3, 0.4) is 0 Å². The Labute approximate surface area is 126 Å². The van der Waals surface area contributed by atoms with Crippen LogP contribution in [0.15, 0.2) is 36.4 Å². The molecule has 4 nitrogen and oxygen atoms in total. The number of anilines is 1. The van der Waals surface area contributed by atoms with Crippen LogP contribution in [0.5, 0.6) is 0 Å². The predicted molar refractivity (Wildman–Crippen MR) is 84.9 cm³/mol. The molecule has 0 aliphatic heterocycles. The molecule has 21 heavy (non-hydrogen) atoms. The van der Waals surface area contributed by atoms with Crippen molar-refractivity contribution in [3.63, 3.8) is 0 Å². The zero-order valence-corrected chi connectivity index (χ0v) is 12.5. The summed E-state index contributed by atoms with van der Waals surface area (Å²) in [5, 5.41) is 11.4. The van der Waals surface area contributed by atoms with E-state index in [1.807, 2.05) is 19.9 Å². The van der Waals surface area contributed by atoms with E-state index in [-0.39, 0.29) is 5.91 Å². The van der Waals surface area contributed by atoms with Gasteiger partial charge in [0.05, 0.1) is 4.88 Å². The quantitative estimate of drug-likeness (QED) is 0.846. The summed E-state index contributed by atoms with van der Waals surface area (Å²) in [6.07, 6.45) is 2.57. The molecule has 0 saturated heterocycles. The number of amides is 1. The van der Waals surface area contributed by atoms with Gasteiger partial charge in [-0.25, -0.2) is 4.79 Å². The van der Waals surface area contributed by atoms with Gasteiger partial charge in [0.15, 0.2) is 0 Å². The maximum absolute atomic E-state index is 12.1. The zero-order valence-electron chi connectivity index (χ0n) is 11.7. The molecule has 0 radical (unpaired) electrons. The molecule has 1 amide bonds. The van der Waals surface area contributed by atoms with E-state index >= 15 is 0 Å². The van der Waals surface area contributed by atoms with Crippen molar-refractivity contribution in [3.05, 3.63) is 57.3 Å². The SMILES string of the molecule is Cc1cc(C(=O)Nc2ccc(/C=C/C(=O)O)cc2)sc1C. The van der Waals surface area contributed by atoms with Crippen molar-refractivity contribution < 1.29 is 14.7 Å². The molecule has 2 rings (SSSR count). The number of aliphatic carboxylic acids is 1. The summed E-state index contributed by atoms with van der Waals surface area (Å²) >= 11 is 1.47. The van der Waals surface area contributed by atoms with Crippen molar-refractivity contribution in [2.75, 3.05) is 5.32 Å². The topological polar surface area (TPSA) is 66.4 Å². The molecule has 0 spiro atoms. The number of rotatable bonds is 4. The average Bonchev–Trinajstić information content (AvgIpc) is 2.78. The van der Waals surface area contributed by atoms with Gasteiger partial charge in [-0.3, -0.25) is 4.79 Å². The lowest BCUT2D eigenvalue weighted by atomic mass is 10.2. The van der Waals surface area contributed by atoms with Gasteiger partial charge in [-0.2, -0.15) is 0 Å². The number of benzene rings is 1. The molecular weight excluding hydrogens is 286 g/mol. The third kappa shape index (κ3) is 4.03. The number of carbonyl (C=O) groups is 2. The number of hydrogen-bond acceptors (Lipinski definition) is 3. The Bertz CT molecular complexity index is 679. The van der Waals surface area contributed by atoms with Crippen molar-refractivity contribution >= 4 is 35.0 Å². The maximum Gasteiger partial charge on any atom is 0.328 e. The number of thiophene rings is 1. The minimum absolute atomic E-state index is 0.134. The highest BCUT2D eigenvalue weighted by Gasteiger charge is 2.10. The first-order valence-electron chi connectivity index (χ1n) is 6.35. The number of aryl methyl sites for hydroxylation is 2. The molecule has 0 bridgehead atoms. The minimum Gasteiger partial charge on any atom is -0.478 e. The van der Waals surface area contributed by atoms with Crippen LogP contribution in [0, 0.1) is 13.8 Å². The van der Waals surface area contributed by atoms with E-state index in [0.717, 1.165) is 22.1 Å². The summed E-state index contributed by atoms with van der Waals surface area (Å²) in [6.45, 7) is 3.96.